The number of nitrogens with zero attached hydrogens (tertiary/aromatic N) is 2. The van der Waals surface area contributed by atoms with E-state index >= 15 is 0 Å². The smallest absolute Gasteiger partial charge is 0.227 e. The minimum absolute atomic E-state index is 0.000824. The third kappa shape index (κ3) is 4.04. The summed E-state index contributed by atoms with van der Waals surface area (Å²) >= 11 is 0. The van der Waals surface area contributed by atoms with Crippen LogP contribution in [0, 0.1) is 12.8 Å². The summed E-state index contributed by atoms with van der Waals surface area (Å²) in [6.45, 7) is 3.34. The Labute approximate surface area is 154 Å². The number of carbonyl (C=O) groups is 2. The van der Waals surface area contributed by atoms with Crippen LogP contribution in [-0.4, -0.2) is 43.5 Å². The summed E-state index contributed by atoms with van der Waals surface area (Å²) in [5.74, 6) is 0.523. The van der Waals surface area contributed by atoms with Crippen LogP contribution >= 0.6 is 0 Å². The van der Waals surface area contributed by atoms with Crippen molar-refractivity contribution in [3.63, 3.8) is 0 Å². The monoisotopic (exact) mass is 352 g/mol. The first-order chi connectivity index (χ1) is 12.6. The number of para-hydroxylation sites is 2. The van der Waals surface area contributed by atoms with Crippen molar-refractivity contribution in [3.05, 3.63) is 60.2 Å². The van der Waals surface area contributed by atoms with E-state index in [-0.39, 0.29) is 24.2 Å². The molecule has 1 atom stereocenters. The minimum Gasteiger partial charge on any atom is -0.491 e. The fraction of sp³-hybridized carbons (Fsp3) is 0.333. The van der Waals surface area contributed by atoms with Crippen LogP contribution in [0.25, 0.3) is 0 Å². The summed E-state index contributed by atoms with van der Waals surface area (Å²) in [6, 6.07) is 17.3. The molecular formula is C21H24N2O3. The predicted octanol–water partition coefficient (Wildman–Crippen LogP) is 2.89. The van der Waals surface area contributed by atoms with Gasteiger partial charge < -0.3 is 14.5 Å². The molecule has 1 aliphatic heterocycles. The van der Waals surface area contributed by atoms with Gasteiger partial charge in [-0.15, -0.1) is 0 Å². The van der Waals surface area contributed by atoms with E-state index in [9.17, 15) is 9.59 Å². The lowest BCUT2D eigenvalue weighted by molar-refractivity contribution is -0.134. The molecule has 1 unspecified atom stereocenters. The molecule has 5 nitrogen and oxygen atoms in total. The van der Waals surface area contributed by atoms with Gasteiger partial charge in [-0.25, -0.2) is 0 Å². The molecule has 136 valence electrons. The van der Waals surface area contributed by atoms with Gasteiger partial charge in [0.1, 0.15) is 12.4 Å². The van der Waals surface area contributed by atoms with Crippen LogP contribution in [0.1, 0.15) is 12.0 Å². The number of aryl methyl sites for hydroxylation is 1. The van der Waals surface area contributed by atoms with Gasteiger partial charge in [0.15, 0.2) is 0 Å². The standard InChI is InChI=1S/C21H24N2O3/c1-16-8-6-7-11-19(16)26-13-12-22(2)21(25)17-14-20(24)23(15-17)18-9-4-3-5-10-18/h3-11,17H,12-15H2,1-2H3. The lowest BCUT2D eigenvalue weighted by Gasteiger charge is -2.22. The van der Waals surface area contributed by atoms with Crippen molar-refractivity contribution in [2.75, 3.05) is 31.6 Å². The third-order valence-electron chi connectivity index (χ3n) is 4.70. The Morgan fingerprint density at radius 3 is 2.58 bits per heavy atom. The van der Waals surface area contributed by atoms with E-state index in [1.807, 2.05) is 61.5 Å². The quantitative estimate of drug-likeness (QED) is 0.803. The van der Waals surface area contributed by atoms with E-state index in [0.717, 1.165) is 17.0 Å². The van der Waals surface area contributed by atoms with Crippen molar-refractivity contribution in [3.8, 4) is 5.75 Å². The number of rotatable bonds is 6. The zero-order valence-electron chi connectivity index (χ0n) is 15.2. The molecule has 0 aromatic heterocycles. The molecule has 1 aliphatic rings. The molecule has 1 fully saturated rings. The van der Waals surface area contributed by atoms with Crippen molar-refractivity contribution in [1.29, 1.82) is 0 Å². The van der Waals surface area contributed by atoms with Crippen molar-refractivity contribution in [2.45, 2.75) is 13.3 Å². The van der Waals surface area contributed by atoms with E-state index in [0.29, 0.717) is 19.7 Å². The molecule has 26 heavy (non-hydrogen) atoms. The first-order valence-corrected chi connectivity index (χ1v) is 8.85. The molecule has 1 heterocycles. The highest BCUT2D eigenvalue weighted by Gasteiger charge is 2.36. The second-order valence-electron chi connectivity index (χ2n) is 6.61. The molecule has 0 bridgehead atoms. The number of hydrogen-bond donors (Lipinski definition) is 0. The molecule has 2 aromatic carbocycles. The summed E-state index contributed by atoms with van der Waals surface area (Å²) in [6.07, 6.45) is 0.261. The molecule has 2 amide bonds. The van der Waals surface area contributed by atoms with Gasteiger partial charge in [-0.05, 0) is 30.7 Å². The number of likely N-dealkylation sites (N-methyl/N-ethyl adjacent to an activating group) is 1. The predicted molar refractivity (Wildman–Crippen MR) is 101 cm³/mol. The number of benzene rings is 2. The van der Waals surface area contributed by atoms with Gasteiger partial charge in [-0.3, -0.25) is 9.59 Å². The maximum atomic E-state index is 12.7. The average Bonchev–Trinajstić information content (AvgIpc) is 3.05. The number of amides is 2. The van der Waals surface area contributed by atoms with Crippen LogP contribution in [0.15, 0.2) is 54.6 Å². The molecular weight excluding hydrogens is 328 g/mol. The second-order valence-corrected chi connectivity index (χ2v) is 6.61. The SMILES string of the molecule is Cc1ccccc1OCCN(C)C(=O)C1CC(=O)N(c2ccccc2)C1. The zero-order valence-corrected chi connectivity index (χ0v) is 15.2. The maximum Gasteiger partial charge on any atom is 0.227 e. The number of carbonyl (C=O) groups excluding carboxylic acids is 2. The number of ether oxygens (including phenoxy) is 1. The van der Waals surface area contributed by atoms with E-state index in [2.05, 4.69) is 0 Å². The molecule has 1 saturated heterocycles. The van der Waals surface area contributed by atoms with Gasteiger partial charge in [0.05, 0.1) is 12.5 Å². The molecule has 0 aliphatic carbocycles. The van der Waals surface area contributed by atoms with Crippen LogP contribution in [0.5, 0.6) is 5.75 Å². The lowest BCUT2D eigenvalue weighted by atomic mass is 10.1. The van der Waals surface area contributed by atoms with E-state index in [1.54, 1.807) is 16.8 Å². The topological polar surface area (TPSA) is 49.9 Å². The largest absolute Gasteiger partial charge is 0.491 e. The van der Waals surface area contributed by atoms with E-state index in [1.165, 1.54) is 0 Å². The molecule has 2 aromatic rings. The Hall–Kier alpha value is -2.82. The maximum absolute atomic E-state index is 12.7. The van der Waals surface area contributed by atoms with Crippen molar-refractivity contribution < 1.29 is 14.3 Å². The van der Waals surface area contributed by atoms with E-state index in [4.69, 9.17) is 4.74 Å². The van der Waals surface area contributed by atoms with Crippen molar-refractivity contribution >= 4 is 17.5 Å². The van der Waals surface area contributed by atoms with Crippen molar-refractivity contribution in [2.24, 2.45) is 5.92 Å². The first kappa shape index (κ1) is 18.0. The fourth-order valence-corrected chi connectivity index (χ4v) is 3.16. The molecule has 0 N–H and O–H groups in total. The van der Waals surface area contributed by atoms with Crippen LogP contribution in [-0.2, 0) is 9.59 Å². The van der Waals surface area contributed by atoms with Gasteiger partial charge in [0, 0.05) is 25.7 Å². The Morgan fingerprint density at radius 2 is 1.85 bits per heavy atom. The molecule has 0 saturated carbocycles. The summed E-state index contributed by atoms with van der Waals surface area (Å²) in [5, 5.41) is 0. The minimum atomic E-state index is -0.300. The van der Waals surface area contributed by atoms with E-state index < -0.39 is 0 Å². The molecule has 3 rings (SSSR count). The average molecular weight is 352 g/mol. The van der Waals surface area contributed by atoms with Gasteiger partial charge in [0.25, 0.3) is 0 Å². The molecule has 0 spiro atoms. The van der Waals surface area contributed by atoms with Crippen LogP contribution in [0.4, 0.5) is 5.69 Å². The summed E-state index contributed by atoms with van der Waals surface area (Å²) < 4.78 is 5.76. The van der Waals surface area contributed by atoms with Crippen LogP contribution in [0.3, 0.4) is 0 Å². The Bertz CT molecular complexity index is 776. The third-order valence-corrected chi connectivity index (χ3v) is 4.70. The number of hydrogen-bond acceptors (Lipinski definition) is 3. The summed E-state index contributed by atoms with van der Waals surface area (Å²) in [5.41, 5.74) is 1.92. The van der Waals surface area contributed by atoms with Gasteiger partial charge in [-0.2, -0.15) is 0 Å². The fourth-order valence-electron chi connectivity index (χ4n) is 3.16. The first-order valence-electron chi connectivity index (χ1n) is 8.85. The normalized spacial score (nSPS) is 16.6. The van der Waals surface area contributed by atoms with Crippen LogP contribution in [0.2, 0.25) is 0 Å². The summed E-state index contributed by atoms with van der Waals surface area (Å²) in [7, 11) is 1.76. The highest BCUT2D eigenvalue weighted by Crippen LogP contribution is 2.26. The Kier molecular flexibility index (Phi) is 5.56. The highest BCUT2D eigenvalue weighted by molar-refractivity contribution is 6.00. The van der Waals surface area contributed by atoms with Crippen LogP contribution < -0.4 is 9.64 Å². The Balaban J connectivity index is 1.52. The number of anilines is 1. The lowest BCUT2D eigenvalue weighted by Crippen LogP contribution is -2.37. The molecule has 5 heteroatoms. The Morgan fingerprint density at radius 1 is 1.15 bits per heavy atom. The second kappa shape index (κ2) is 8.04. The van der Waals surface area contributed by atoms with Crippen molar-refractivity contribution in [1.82, 2.24) is 4.90 Å². The van der Waals surface area contributed by atoms with Gasteiger partial charge >= 0.3 is 0 Å². The highest BCUT2D eigenvalue weighted by atomic mass is 16.5. The summed E-state index contributed by atoms with van der Waals surface area (Å²) in [4.78, 5) is 28.3. The molecule has 0 radical (unpaired) electrons. The van der Waals surface area contributed by atoms with Gasteiger partial charge in [-0.1, -0.05) is 36.4 Å². The zero-order chi connectivity index (χ0) is 18.5. The van der Waals surface area contributed by atoms with Gasteiger partial charge in [0.2, 0.25) is 11.8 Å².